The monoisotopic (exact) mass is 425 g/mol. The van der Waals surface area contributed by atoms with Crippen LogP contribution in [0.15, 0.2) is 48.5 Å². The molecule has 0 amide bonds. The van der Waals surface area contributed by atoms with Gasteiger partial charge in [-0.15, -0.1) is 0 Å². The Morgan fingerprint density at radius 1 is 1.10 bits per heavy atom. The van der Waals surface area contributed by atoms with E-state index in [-0.39, 0.29) is 17.0 Å². The number of benzene rings is 2. The van der Waals surface area contributed by atoms with Crippen LogP contribution in [0, 0.1) is 6.92 Å². The molecule has 1 aliphatic heterocycles. The molecule has 2 heterocycles. The Bertz CT molecular complexity index is 1150. The number of esters is 1. The van der Waals surface area contributed by atoms with Crippen molar-refractivity contribution in [2.75, 3.05) is 7.11 Å². The molecule has 4 nitrogen and oxygen atoms in total. The molecule has 0 N–H and O–H groups in total. The zero-order chi connectivity index (χ0) is 21.9. The fourth-order valence-electron chi connectivity index (χ4n) is 3.84. The molecule has 4 rings (SSSR count). The maximum atomic E-state index is 15.1. The van der Waals surface area contributed by atoms with Gasteiger partial charge in [0.15, 0.2) is 0 Å². The van der Waals surface area contributed by atoms with Crippen molar-refractivity contribution in [1.82, 2.24) is 4.57 Å². The van der Waals surface area contributed by atoms with E-state index in [1.807, 2.05) is 0 Å². The van der Waals surface area contributed by atoms with Crippen molar-refractivity contribution in [3.8, 4) is 17.0 Å². The van der Waals surface area contributed by atoms with Crippen molar-refractivity contribution in [3.63, 3.8) is 0 Å². The molecule has 1 aromatic heterocycles. The van der Waals surface area contributed by atoms with Gasteiger partial charge in [-0.05, 0) is 37.3 Å². The van der Waals surface area contributed by atoms with Crippen LogP contribution in [-0.2, 0) is 15.3 Å². The zero-order valence-electron chi connectivity index (χ0n) is 15.9. The van der Waals surface area contributed by atoms with Gasteiger partial charge in [-0.25, -0.2) is 0 Å². The van der Waals surface area contributed by atoms with Gasteiger partial charge in [0.1, 0.15) is 12.2 Å². The third-order valence-electron chi connectivity index (χ3n) is 5.22. The van der Waals surface area contributed by atoms with E-state index in [4.69, 9.17) is 4.74 Å². The molecule has 2 aromatic carbocycles. The van der Waals surface area contributed by atoms with Gasteiger partial charge >= 0.3 is 18.1 Å². The van der Waals surface area contributed by atoms with Crippen molar-refractivity contribution in [3.05, 3.63) is 54.1 Å². The average Bonchev–Trinajstić information content (AvgIpc) is 3.06. The maximum absolute atomic E-state index is 15.1. The lowest BCUT2D eigenvalue weighted by atomic mass is 9.95. The fourth-order valence-corrected chi connectivity index (χ4v) is 3.84. The van der Waals surface area contributed by atoms with Gasteiger partial charge in [0.2, 0.25) is 0 Å². The second kappa shape index (κ2) is 6.45. The molecule has 3 aromatic rings. The Labute approximate surface area is 167 Å². The van der Waals surface area contributed by atoms with Gasteiger partial charge in [-0.1, -0.05) is 23.8 Å². The van der Waals surface area contributed by atoms with Crippen LogP contribution in [0.25, 0.3) is 22.2 Å². The summed E-state index contributed by atoms with van der Waals surface area (Å²) in [6.45, 7) is 1.77. The van der Waals surface area contributed by atoms with Crippen molar-refractivity contribution in [2.24, 2.45) is 0 Å². The molecule has 0 fully saturated rings. The van der Waals surface area contributed by atoms with Gasteiger partial charge in [0, 0.05) is 10.9 Å². The molecule has 0 aliphatic carbocycles. The SMILES string of the molecule is COC(=O)C[C@]1(C(F)(F)C(F)(F)F)Oc2ccccc2-c2cc3cc(C)ccc3n21. The summed E-state index contributed by atoms with van der Waals surface area (Å²) < 4.78 is 81.9. The van der Waals surface area contributed by atoms with Gasteiger partial charge in [0.05, 0.1) is 18.3 Å². The fraction of sp³-hybridized carbons (Fsp3) is 0.286. The second-order valence-electron chi connectivity index (χ2n) is 7.13. The Morgan fingerprint density at radius 3 is 2.47 bits per heavy atom. The first-order valence-corrected chi connectivity index (χ1v) is 8.94. The number of alkyl halides is 5. The van der Waals surface area contributed by atoms with Crippen LogP contribution in [-0.4, -0.2) is 29.7 Å². The first-order valence-electron chi connectivity index (χ1n) is 8.94. The van der Waals surface area contributed by atoms with E-state index in [1.165, 1.54) is 24.3 Å². The molecule has 0 radical (unpaired) electrons. The van der Waals surface area contributed by atoms with Crippen LogP contribution < -0.4 is 4.74 Å². The van der Waals surface area contributed by atoms with Crippen molar-refractivity contribution in [1.29, 1.82) is 0 Å². The molecule has 30 heavy (non-hydrogen) atoms. The van der Waals surface area contributed by atoms with Crippen LogP contribution in [0.2, 0.25) is 0 Å². The van der Waals surface area contributed by atoms with Gasteiger partial charge in [-0.2, -0.15) is 22.0 Å². The average molecular weight is 425 g/mol. The Morgan fingerprint density at radius 2 is 1.80 bits per heavy atom. The second-order valence-corrected chi connectivity index (χ2v) is 7.13. The van der Waals surface area contributed by atoms with Crippen molar-refractivity contribution < 1.29 is 36.2 Å². The normalized spacial score (nSPS) is 18.5. The van der Waals surface area contributed by atoms with Gasteiger partial charge in [0.25, 0.3) is 5.72 Å². The molecule has 158 valence electrons. The highest BCUT2D eigenvalue weighted by atomic mass is 19.4. The number of rotatable bonds is 3. The number of carbonyl (C=O) groups excluding carboxylic acids is 1. The predicted molar refractivity (Wildman–Crippen MR) is 98.3 cm³/mol. The lowest BCUT2D eigenvalue weighted by Gasteiger charge is -2.45. The van der Waals surface area contributed by atoms with Crippen LogP contribution >= 0.6 is 0 Å². The van der Waals surface area contributed by atoms with E-state index in [2.05, 4.69) is 4.74 Å². The number of hydrogen-bond donors (Lipinski definition) is 0. The van der Waals surface area contributed by atoms with Crippen LogP contribution in [0.3, 0.4) is 0 Å². The lowest BCUT2D eigenvalue weighted by molar-refractivity contribution is -0.357. The summed E-state index contributed by atoms with van der Waals surface area (Å²) >= 11 is 0. The van der Waals surface area contributed by atoms with E-state index in [1.54, 1.807) is 31.2 Å². The quantitative estimate of drug-likeness (QED) is 0.416. The highest BCUT2D eigenvalue weighted by Gasteiger charge is 2.75. The third kappa shape index (κ3) is 2.68. The molecule has 0 saturated heterocycles. The van der Waals surface area contributed by atoms with E-state index < -0.39 is 30.2 Å². The number of carbonyl (C=O) groups is 1. The topological polar surface area (TPSA) is 40.5 Å². The van der Waals surface area contributed by atoms with E-state index >= 15 is 8.78 Å². The van der Waals surface area contributed by atoms with Gasteiger partial charge in [-0.3, -0.25) is 9.36 Å². The van der Waals surface area contributed by atoms with Crippen molar-refractivity contribution in [2.45, 2.75) is 31.2 Å². The highest BCUT2D eigenvalue weighted by molar-refractivity contribution is 5.90. The number of nitrogens with zero attached hydrogens (tertiary/aromatic N) is 1. The number of ether oxygens (including phenoxy) is 2. The predicted octanol–water partition coefficient (Wildman–Crippen LogP) is 5.42. The minimum absolute atomic E-state index is 0.0814. The summed E-state index contributed by atoms with van der Waals surface area (Å²) in [6.07, 6.45) is -7.35. The molecule has 0 saturated carbocycles. The van der Waals surface area contributed by atoms with Crippen molar-refractivity contribution >= 4 is 16.9 Å². The summed E-state index contributed by atoms with van der Waals surface area (Å²) in [7, 11) is 0.913. The Balaban J connectivity index is 2.15. The van der Waals surface area contributed by atoms with Crippen LogP contribution in [0.1, 0.15) is 12.0 Å². The van der Waals surface area contributed by atoms with E-state index in [0.29, 0.717) is 10.9 Å². The van der Waals surface area contributed by atoms with Crippen LogP contribution in [0.4, 0.5) is 22.0 Å². The summed E-state index contributed by atoms with van der Waals surface area (Å²) in [5.74, 6) is -6.87. The third-order valence-corrected chi connectivity index (χ3v) is 5.22. The molecule has 0 unspecified atom stereocenters. The molecular formula is C21H16F5NO3. The Kier molecular flexibility index (Phi) is 4.34. The smallest absolute Gasteiger partial charge is 0.459 e. The molecule has 1 atom stereocenters. The van der Waals surface area contributed by atoms with E-state index in [0.717, 1.165) is 17.2 Å². The molecule has 0 spiro atoms. The molecule has 0 bridgehead atoms. The minimum Gasteiger partial charge on any atom is -0.469 e. The van der Waals surface area contributed by atoms with Crippen LogP contribution in [0.5, 0.6) is 5.75 Å². The minimum atomic E-state index is -5.99. The summed E-state index contributed by atoms with van der Waals surface area (Å²) in [5.41, 5.74) is -2.10. The highest BCUT2D eigenvalue weighted by Crippen LogP contribution is 2.56. The number of halogens is 5. The van der Waals surface area contributed by atoms with Gasteiger partial charge < -0.3 is 9.47 Å². The number of hydrogen-bond acceptors (Lipinski definition) is 3. The molecule has 9 heteroatoms. The Hall–Kier alpha value is -3.10. The molecule has 1 aliphatic rings. The summed E-state index contributed by atoms with van der Waals surface area (Å²) in [4.78, 5) is 12.1. The standard InChI is InChI=1S/C21H16F5NO3/c1-12-7-8-15-13(9-12)10-16-14-5-3-4-6-17(14)30-19(27(15)16,11-18(28)29-2)20(22,23)21(24,25)26/h3-10H,11H2,1-2H3/t19-/m1/s1. The number of fused-ring (bicyclic) bond motifs is 5. The molecular weight excluding hydrogens is 409 g/mol. The largest absolute Gasteiger partial charge is 0.469 e. The summed E-state index contributed by atoms with van der Waals surface area (Å²) in [6, 6.07) is 12.1. The number of methoxy groups -OCH3 is 1. The number of aryl methyl sites for hydroxylation is 1. The summed E-state index contributed by atoms with van der Waals surface area (Å²) in [5, 5.41) is 0.442. The lowest BCUT2D eigenvalue weighted by Crippen LogP contribution is -2.63. The zero-order valence-corrected chi connectivity index (χ0v) is 15.9. The number of para-hydroxylation sites is 1. The first-order chi connectivity index (χ1) is 14.0. The first kappa shape index (κ1) is 20.2. The number of aromatic nitrogens is 1. The van der Waals surface area contributed by atoms with E-state index in [9.17, 15) is 18.0 Å². The maximum Gasteiger partial charge on any atom is 0.459 e.